The van der Waals surface area contributed by atoms with Gasteiger partial charge in [0.2, 0.25) is 0 Å². The Labute approximate surface area is 109 Å². The van der Waals surface area contributed by atoms with Gasteiger partial charge >= 0.3 is 17.9 Å². The summed E-state index contributed by atoms with van der Waals surface area (Å²) in [5.74, 6) is -2.06. The van der Waals surface area contributed by atoms with Gasteiger partial charge in [-0.15, -0.1) is 0 Å². The second-order valence-electron chi connectivity index (χ2n) is 3.61. The number of esters is 2. The molecule has 6 heteroatoms. The molecular formula is C13H14O6. The lowest BCUT2D eigenvalue weighted by molar-refractivity contribution is -0.146. The smallest absolute Gasteiger partial charge is 0.335 e. The van der Waals surface area contributed by atoms with Crippen molar-refractivity contribution in [1.29, 1.82) is 0 Å². The van der Waals surface area contributed by atoms with Crippen LogP contribution in [0.5, 0.6) is 5.75 Å². The van der Waals surface area contributed by atoms with E-state index in [4.69, 9.17) is 9.84 Å². The second kappa shape index (κ2) is 7.15. The number of carbonyl (C=O) groups excluding carboxylic acids is 2. The third-order valence-corrected chi connectivity index (χ3v) is 2.15. The van der Waals surface area contributed by atoms with Crippen LogP contribution in [0.3, 0.4) is 0 Å². The number of rotatable bonds is 6. The maximum absolute atomic E-state index is 11.4. The molecule has 1 rings (SSSR count). The molecule has 102 valence electrons. The molecule has 0 unspecified atom stereocenters. The molecule has 1 aromatic carbocycles. The van der Waals surface area contributed by atoms with E-state index in [1.54, 1.807) is 6.92 Å². The first-order valence-corrected chi connectivity index (χ1v) is 5.72. The van der Waals surface area contributed by atoms with E-state index in [2.05, 4.69) is 4.74 Å². The van der Waals surface area contributed by atoms with Gasteiger partial charge in [-0.3, -0.25) is 9.59 Å². The Morgan fingerprint density at radius 3 is 2.47 bits per heavy atom. The van der Waals surface area contributed by atoms with Gasteiger partial charge in [0.05, 0.1) is 25.0 Å². The van der Waals surface area contributed by atoms with E-state index in [-0.39, 0.29) is 30.8 Å². The molecule has 0 aliphatic carbocycles. The quantitative estimate of drug-likeness (QED) is 0.621. The molecule has 0 saturated heterocycles. The molecule has 0 heterocycles. The molecule has 0 bridgehead atoms. The number of carboxylic acid groups (broad SMARTS) is 1. The largest absolute Gasteiger partial charge is 0.478 e. The van der Waals surface area contributed by atoms with Crippen LogP contribution in [0.25, 0.3) is 0 Å². The minimum absolute atomic E-state index is 0.0238. The highest BCUT2D eigenvalue weighted by Gasteiger charge is 2.11. The molecule has 0 aliphatic heterocycles. The average molecular weight is 266 g/mol. The topological polar surface area (TPSA) is 89.9 Å². The van der Waals surface area contributed by atoms with Crippen molar-refractivity contribution < 1.29 is 29.0 Å². The van der Waals surface area contributed by atoms with Crippen LogP contribution in [0.2, 0.25) is 0 Å². The monoisotopic (exact) mass is 266 g/mol. The van der Waals surface area contributed by atoms with Gasteiger partial charge in [0.15, 0.2) is 0 Å². The molecule has 0 fully saturated rings. The number of carbonyl (C=O) groups is 3. The third-order valence-electron chi connectivity index (χ3n) is 2.15. The van der Waals surface area contributed by atoms with Crippen LogP contribution in [0, 0.1) is 0 Å². The van der Waals surface area contributed by atoms with E-state index in [0.717, 1.165) is 0 Å². The molecule has 6 nitrogen and oxygen atoms in total. The molecule has 19 heavy (non-hydrogen) atoms. The highest BCUT2D eigenvalue weighted by Crippen LogP contribution is 2.14. The summed E-state index contributed by atoms with van der Waals surface area (Å²) in [4.78, 5) is 33.2. The fourth-order valence-electron chi connectivity index (χ4n) is 1.31. The van der Waals surface area contributed by atoms with Crippen LogP contribution in [0.1, 0.15) is 30.1 Å². The van der Waals surface area contributed by atoms with E-state index in [1.165, 1.54) is 24.3 Å². The number of aromatic carboxylic acids is 1. The third kappa shape index (κ3) is 5.20. The maximum Gasteiger partial charge on any atom is 0.335 e. The van der Waals surface area contributed by atoms with Crippen LogP contribution < -0.4 is 4.74 Å². The van der Waals surface area contributed by atoms with Crippen LogP contribution in [-0.4, -0.2) is 29.6 Å². The van der Waals surface area contributed by atoms with Crippen molar-refractivity contribution in [1.82, 2.24) is 0 Å². The lowest BCUT2D eigenvalue weighted by Crippen LogP contribution is -2.12. The Hall–Kier alpha value is -2.37. The van der Waals surface area contributed by atoms with Gasteiger partial charge in [-0.1, -0.05) is 6.07 Å². The number of hydrogen-bond donors (Lipinski definition) is 1. The number of ether oxygens (including phenoxy) is 2. The van der Waals surface area contributed by atoms with E-state index >= 15 is 0 Å². The summed E-state index contributed by atoms with van der Waals surface area (Å²) in [5, 5.41) is 8.78. The second-order valence-corrected chi connectivity index (χ2v) is 3.61. The Kier molecular flexibility index (Phi) is 5.53. The van der Waals surface area contributed by atoms with Crippen molar-refractivity contribution in [3.8, 4) is 5.75 Å². The van der Waals surface area contributed by atoms with Gasteiger partial charge in [0.1, 0.15) is 5.75 Å². The van der Waals surface area contributed by atoms with Crippen LogP contribution in [0.15, 0.2) is 24.3 Å². The van der Waals surface area contributed by atoms with E-state index in [1.807, 2.05) is 0 Å². The summed E-state index contributed by atoms with van der Waals surface area (Å²) in [6.07, 6.45) is -0.179. The first-order chi connectivity index (χ1) is 9.02. The Morgan fingerprint density at radius 2 is 1.84 bits per heavy atom. The average Bonchev–Trinajstić information content (AvgIpc) is 2.37. The lowest BCUT2D eigenvalue weighted by Gasteiger charge is -2.05. The van der Waals surface area contributed by atoms with Crippen molar-refractivity contribution in [2.75, 3.05) is 6.61 Å². The molecule has 0 radical (unpaired) electrons. The van der Waals surface area contributed by atoms with Crippen LogP contribution in [0.4, 0.5) is 0 Å². The molecule has 1 aromatic rings. The molecule has 0 aromatic heterocycles. The van der Waals surface area contributed by atoms with E-state index in [0.29, 0.717) is 0 Å². The molecular weight excluding hydrogens is 252 g/mol. The fraction of sp³-hybridized carbons (Fsp3) is 0.308. The van der Waals surface area contributed by atoms with Gasteiger partial charge in [-0.2, -0.15) is 0 Å². The zero-order valence-electron chi connectivity index (χ0n) is 10.4. The predicted octanol–water partition coefficient (Wildman–Crippen LogP) is 1.63. The lowest BCUT2D eigenvalue weighted by atomic mass is 10.2. The molecule has 0 saturated carbocycles. The van der Waals surface area contributed by atoms with E-state index in [9.17, 15) is 14.4 Å². The number of hydrogen-bond acceptors (Lipinski definition) is 5. The summed E-state index contributed by atoms with van der Waals surface area (Å²) < 4.78 is 9.59. The summed E-state index contributed by atoms with van der Waals surface area (Å²) in [6, 6.07) is 5.56. The zero-order valence-corrected chi connectivity index (χ0v) is 10.4. The highest BCUT2D eigenvalue weighted by atomic mass is 16.5. The van der Waals surface area contributed by atoms with Crippen LogP contribution >= 0.6 is 0 Å². The standard InChI is InChI=1S/C13H14O6/c1-2-18-11(14)6-7-12(15)19-10-5-3-4-9(8-10)13(16)17/h3-5,8H,2,6-7H2,1H3,(H,16,17). The van der Waals surface area contributed by atoms with Crippen molar-refractivity contribution in [3.05, 3.63) is 29.8 Å². The van der Waals surface area contributed by atoms with E-state index < -0.39 is 17.9 Å². The molecule has 0 spiro atoms. The molecule has 0 amide bonds. The summed E-state index contributed by atoms with van der Waals surface area (Å²) in [6.45, 7) is 1.93. The van der Waals surface area contributed by atoms with Crippen LogP contribution in [-0.2, 0) is 14.3 Å². The van der Waals surface area contributed by atoms with Gasteiger partial charge in [0.25, 0.3) is 0 Å². The van der Waals surface area contributed by atoms with Gasteiger partial charge in [-0.05, 0) is 25.1 Å². The molecule has 0 atom stereocenters. The first kappa shape index (κ1) is 14.7. The normalized spacial score (nSPS) is 9.74. The highest BCUT2D eigenvalue weighted by molar-refractivity contribution is 5.88. The first-order valence-electron chi connectivity index (χ1n) is 5.72. The van der Waals surface area contributed by atoms with Gasteiger partial charge in [-0.25, -0.2) is 4.79 Å². The summed E-state index contributed by atoms with van der Waals surface area (Å²) in [7, 11) is 0. The Morgan fingerprint density at radius 1 is 1.16 bits per heavy atom. The minimum atomic E-state index is -1.11. The summed E-state index contributed by atoms with van der Waals surface area (Å²) in [5.41, 5.74) is 0.0238. The number of carboxylic acids is 1. The van der Waals surface area contributed by atoms with Crippen molar-refractivity contribution in [2.24, 2.45) is 0 Å². The summed E-state index contributed by atoms with van der Waals surface area (Å²) >= 11 is 0. The fourth-order valence-corrected chi connectivity index (χ4v) is 1.31. The van der Waals surface area contributed by atoms with Crippen molar-refractivity contribution in [2.45, 2.75) is 19.8 Å². The van der Waals surface area contributed by atoms with Crippen molar-refractivity contribution >= 4 is 17.9 Å². The zero-order chi connectivity index (χ0) is 14.3. The molecule has 1 N–H and O–H groups in total. The van der Waals surface area contributed by atoms with Gasteiger partial charge in [0, 0.05) is 0 Å². The maximum atomic E-state index is 11.4. The SMILES string of the molecule is CCOC(=O)CCC(=O)Oc1cccc(C(=O)O)c1. The number of benzene rings is 1. The Bertz CT molecular complexity index is 480. The predicted molar refractivity (Wildman–Crippen MR) is 64.9 cm³/mol. The Balaban J connectivity index is 2.50. The molecule has 0 aliphatic rings. The van der Waals surface area contributed by atoms with Crippen molar-refractivity contribution in [3.63, 3.8) is 0 Å². The van der Waals surface area contributed by atoms with Gasteiger partial charge < -0.3 is 14.6 Å². The minimum Gasteiger partial charge on any atom is -0.478 e.